The Bertz CT molecular complexity index is 671. The van der Waals surface area contributed by atoms with E-state index in [-0.39, 0.29) is 17.3 Å². The minimum atomic E-state index is -0.443. The maximum atomic E-state index is 11.9. The molecule has 1 N–H and O–H groups in total. The number of amides is 1. The first-order valence-corrected chi connectivity index (χ1v) is 7.83. The van der Waals surface area contributed by atoms with Crippen molar-refractivity contribution in [2.45, 2.75) is 18.2 Å². The van der Waals surface area contributed by atoms with E-state index in [9.17, 15) is 14.9 Å². The number of aryl methyl sites for hydroxylation is 1. The minimum absolute atomic E-state index is 0.0465. The van der Waals surface area contributed by atoms with Crippen molar-refractivity contribution in [2.24, 2.45) is 0 Å². The Labute approximate surface area is 132 Å². The van der Waals surface area contributed by atoms with Crippen LogP contribution in [0.1, 0.15) is 12.5 Å². The molecule has 2 rings (SSSR count). The fourth-order valence-electron chi connectivity index (χ4n) is 1.88. The van der Waals surface area contributed by atoms with Gasteiger partial charge in [0.05, 0.1) is 10.7 Å². The van der Waals surface area contributed by atoms with Gasteiger partial charge in [-0.05, 0) is 36.2 Å². The van der Waals surface area contributed by atoms with Crippen molar-refractivity contribution >= 4 is 29.0 Å². The second-order valence-electron chi connectivity index (χ2n) is 4.64. The zero-order valence-electron chi connectivity index (χ0n) is 12.1. The Hall–Kier alpha value is -2.34. The number of rotatable bonds is 6. The summed E-state index contributed by atoms with van der Waals surface area (Å²) in [5.41, 5.74) is 2.00. The number of thioether (sulfide) groups is 1. The number of carbonyl (C=O) groups is 1. The molecule has 0 saturated carbocycles. The largest absolute Gasteiger partial charge is 0.325 e. The smallest absolute Gasteiger partial charge is 0.269 e. The van der Waals surface area contributed by atoms with Crippen LogP contribution in [0, 0.1) is 10.1 Å². The van der Waals surface area contributed by atoms with Crippen molar-refractivity contribution in [2.75, 3.05) is 11.1 Å². The molecule has 0 aliphatic carbocycles. The molecule has 0 atom stereocenters. The van der Waals surface area contributed by atoms with Gasteiger partial charge in [-0.1, -0.05) is 19.1 Å². The number of hydrogen-bond donors (Lipinski definition) is 1. The van der Waals surface area contributed by atoms with Gasteiger partial charge in [-0.3, -0.25) is 14.9 Å². The van der Waals surface area contributed by atoms with Gasteiger partial charge >= 0.3 is 0 Å². The van der Waals surface area contributed by atoms with Crippen molar-refractivity contribution in [3.63, 3.8) is 0 Å². The van der Waals surface area contributed by atoms with Crippen LogP contribution in [0.5, 0.6) is 0 Å². The third-order valence-electron chi connectivity index (χ3n) is 3.04. The van der Waals surface area contributed by atoms with Crippen LogP contribution < -0.4 is 5.32 Å². The molecule has 2 aromatic carbocycles. The van der Waals surface area contributed by atoms with Crippen LogP contribution in [0.3, 0.4) is 0 Å². The van der Waals surface area contributed by atoms with E-state index < -0.39 is 4.92 Å². The van der Waals surface area contributed by atoms with E-state index in [1.807, 2.05) is 24.3 Å². The Morgan fingerprint density at radius 3 is 2.59 bits per heavy atom. The summed E-state index contributed by atoms with van der Waals surface area (Å²) in [5.74, 6) is 0.158. The van der Waals surface area contributed by atoms with Gasteiger partial charge in [-0.2, -0.15) is 0 Å². The van der Waals surface area contributed by atoms with E-state index >= 15 is 0 Å². The Balaban J connectivity index is 1.88. The lowest BCUT2D eigenvalue weighted by Gasteiger charge is -2.06. The van der Waals surface area contributed by atoms with Crippen LogP contribution in [-0.4, -0.2) is 16.6 Å². The van der Waals surface area contributed by atoms with Gasteiger partial charge in [-0.15, -0.1) is 11.8 Å². The summed E-state index contributed by atoms with van der Waals surface area (Å²) in [6.07, 6.45) is 0.918. The predicted octanol–water partition coefficient (Wildman–Crippen LogP) is 3.89. The van der Waals surface area contributed by atoms with Gasteiger partial charge in [0.25, 0.3) is 5.69 Å². The van der Waals surface area contributed by atoms with Crippen molar-refractivity contribution in [3.8, 4) is 0 Å². The van der Waals surface area contributed by atoms with E-state index in [1.165, 1.54) is 29.5 Å². The molecule has 0 spiro atoms. The van der Waals surface area contributed by atoms with Crippen LogP contribution in [0.15, 0.2) is 53.4 Å². The second-order valence-corrected chi connectivity index (χ2v) is 5.69. The molecular weight excluding hydrogens is 300 g/mol. The van der Waals surface area contributed by atoms with E-state index in [4.69, 9.17) is 0 Å². The fourth-order valence-corrected chi connectivity index (χ4v) is 2.58. The SMILES string of the molecule is CCc1cccc(NC(=O)CSc2ccc([N+](=O)[O-])cc2)c1. The highest BCUT2D eigenvalue weighted by atomic mass is 32.2. The Morgan fingerprint density at radius 2 is 1.95 bits per heavy atom. The molecule has 114 valence electrons. The standard InChI is InChI=1S/C16H16N2O3S/c1-2-12-4-3-5-13(10-12)17-16(19)11-22-15-8-6-14(7-9-15)18(20)21/h3-10H,2,11H2,1H3,(H,17,19). The van der Waals surface area contributed by atoms with Gasteiger partial charge in [0.2, 0.25) is 5.91 Å². The molecule has 2 aromatic rings. The lowest BCUT2D eigenvalue weighted by Crippen LogP contribution is -2.14. The van der Waals surface area contributed by atoms with Crippen molar-refractivity contribution in [3.05, 3.63) is 64.2 Å². The highest BCUT2D eigenvalue weighted by Crippen LogP contribution is 2.21. The summed E-state index contributed by atoms with van der Waals surface area (Å²) in [6.45, 7) is 2.06. The first-order chi connectivity index (χ1) is 10.6. The summed E-state index contributed by atoms with van der Waals surface area (Å²) in [6, 6.07) is 13.9. The summed E-state index contributed by atoms with van der Waals surface area (Å²) in [5, 5.41) is 13.4. The minimum Gasteiger partial charge on any atom is -0.325 e. The lowest BCUT2D eigenvalue weighted by molar-refractivity contribution is -0.384. The number of hydrogen-bond acceptors (Lipinski definition) is 4. The van der Waals surface area contributed by atoms with Gasteiger partial charge in [0.1, 0.15) is 0 Å². The molecule has 0 fully saturated rings. The third-order valence-corrected chi connectivity index (χ3v) is 4.05. The van der Waals surface area contributed by atoms with Crippen LogP contribution in [0.4, 0.5) is 11.4 Å². The molecule has 0 saturated heterocycles. The monoisotopic (exact) mass is 316 g/mol. The van der Waals surface area contributed by atoms with Gasteiger partial charge in [-0.25, -0.2) is 0 Å². The number of nitro groups is 1. The first kappa shape index (κ1) is 16.0. The maximum absolute atomic E-state index is 11.9. The molecule has 0 aliphatic heterocycles. The number of non-ortho nitro benzene ring substituents is 1. The van der Waals surface area contributed by atoms with E-state index in [0.29, 0.717) is 0 Å². The lowest BCUT2D eigenvalue weighted by atomic mass is 10.1. The summed E-state index contributed by atoms with van der Waals surface area (Å²) < 4.78 is 0. The quantitative estimate of drug-likeness (QED) is 0.498. The average Bonchev–Trinajstić information content (AvgIpc) is 2.53. The molecule has 6 heteroatoms. The maximum Gasteiger partial charge on any atom is 0.269 e. The Morgan fingerprint density at radius 1 is 1.23 bits per heavy atom. The zero-order valence-corrected chi connectivity index (χ0v) is 12.9. The molecule has 0 aromatic heterocycles. The van der Waals surface area contributed by atoms with Crippen LogP contribution >= 0.6 is 11.8 Å². The number of carbonyl (C=O) groups excluding carboxylic acids is 1. The molecule has 0 unspecified atom stereocenters. The number of nitrogens with zero attached hydrogens (tertiary/aromatic N) is 1. The molecule has 22 heavy (non-hydrogen) atoms. The van der Waals surface area contributed by atoms with Crippen LogP contribution in [0.2, 0.25) is 0 Å². The third kappa shape index (κ3) is 4.60. The van der Waals surface area contributed by atoms with Crippen molar-refractivity contribution in [1.29, 1.82) is 0 Å². The molecule has 1 amide bonds. The van der Waals surface area contributed by atoms with Crippen LogP contribution in [0.25, 0.3) is 0 Å². The molecule has 0 aliphatic rings. The number of nitrogens with one attached hydrogen (secondary N) is 1. The summed E-state index contributed by atoms with van der Waals surface area (Å²) in [7, 11) is 0. The predicted molar refractivity (Wildman–Crippen MR) is 88.3 cm³/mol. The van der Waals surface area contributed by atoms with E-state index in [0.717, 1.165) is 17.0 Å². The average molecular weight is 316 g/mol. The second kappa shape index (κ2) is 7.61. The van der Waals surface area contributed by atoms with Crippen LogP contribution in [-0.2, 0) is 11.2 Å². The summed E-state index contributed by atoms with van der Waals surface area (Å²) in [4.78, 5) is 22.9. The fraction of sp³-hybridized carbons (Fsp3) is 0.188. The molecule has 0 radical (unpaired) electrons. The molecule has 0 bridgehead atoms. The van der Waals surface area contributed by atoms with E-state index in [1.54, 1.807) is 12.1 Å². The van der Waals surface area contributed by atoms with Crippen molar-refractivity contribution < 1.29 is 9.72 Å². The molecule has 0 heterocycles. The number of benzene rings is 2. The highest BCUT2D eigenvalue weighted by Gasteiger charge is 2.07. The number of anilines is 1. The van der Waals surface area contributed by atoms with E-state index in [2.05, 4.69) is 12.2 Å². The topological polar surface area (TPSA) is 72.2 Å². The highest BCUT2D eigenvalue weighted by molar-refractivity contribution is 8.00. The summed E-state index contributed by atoms with van der Waals surface area (Å²) >= 11 is 1.34. The molecular formula is C16H16N2O3S. The number of nitro benzene ring substituents is 1. The van der Waals surface area contributed by atoms with Gasteiger partial charge in [0.15, 0.2) is 0 Å². The van der Waals surface area contributed by atoms with Crippen molar-refractivity contribution in [1.82, 2.24) is 0 Å². The van der Waals surface area contributed by atoms with Gasteiger partial charge < -0.3 is 5.32 Å². The zero-order chi connectivity index (χ0) is 15.9. The Kier molecular flexibility index (Phi) is 5.55. The van der Waals surface area contributed by atoms with Gasteiger partial charge in [0, 0.05) is 22.7 Å². The normalized spacial score (nSPS) is 10.2. The molecule has 5 nitrogen and oxygen atoms in total. The first-order valence-electron chi connectivity index (χ1n) is 6.84.